The molecule has 1 amide bonds. The Kier molecular flexibility index (Phi) is 6.32. The van der Waals surface area contributed by atoms with Crippen LogP contribution in [0, 0.1) is 5.41 Å². The molecular formula is C13H25NO4. The third kappa shape index (κ3) is 5.49. The summed E-state index contributed by atoms with van der Waals surface area (Å²) in [6.45, 7) is 7.20. The molecule has 0 aromatic heterocycles. The maximum absolute atomic E-state index is 11.9. The van der Waals surface area contributed by atoms with Gasteiger partial charge in [-0.15, -0.1) is 0 Å². The molecule has 18 heavy (non-hydrogen) atoms. The number of carbonyl (C=O) groups is 2. The Hall–Kier alpha value is -1.10. The second-order valence-corrected chi connectivity index (χ2v) is 5.61. The highest BCUT2D eigenvalue weighted by Gasteiger charge is 2.31. The number of rotatable bonds is 8. The summed E-state index contributed by atoms with van der Waals surface area (Å²) in [7, 11) is 0. The maximum atomic E-state index is 11.9. The second-order valence-electron chi connectivity index (χ2n) is 5.61. The molecule has 0 fully saturated rings. The molecular weight excluding hydrogens is 234 g/mol. The fourth-order valence-electron chi connectivity index (χ4n) is 1.94. The Morgan fingerprint density at radius 1 is 1.11 bits per heavy atom. The van der Waals surface area contributed by atoms with Gasteiger partial charge in [-0.05, 0) is 18.3 Å². The summed E-state index contributed by atoms with van der Waals surface area (Å²) in [6, 6.07) is 0. The van der Waals surface area contributed by atoms with Crippen LogP contribution < -0.4 is 5.32 Å². The Bertz CT molecular complexity index is 287. The molecule has 106 valence electrons. The molecule has 0 aromatic rings. The number of carboxylic acid groups (broad SMARTS) is 1. The second kappa shape index (κ2) is 6.73. The predicted molar refractivity (Wildman–Crippen MR) is 69.2 cm³/mol. The molecule has 0 aliphatic carbocycles. The zero-order valence-corrected chi connectivity index (χ0v) is 11.7. The molecule has 5 nitrogen and oxygen atoms in total. The normalized spacial score (nSPS) is 12.3. The number of amides is 1. The van der Waals surface area contributed by atoms with Gasteiger partial charge >= 0.3 is 5.97 Å². The largest absolute Gasteiger partial charge is 0.481 e. The fraction of sp³-hybridized carbons (Fsp3) is 0.846. The highest BCUT2D eigenvalue weighted by molar-refractivity contribution is 5.78. The van der Waals surface area contributed by atoms with Crippen LogP contribution in [-0.2, 0) is 9.59 Å². The molecule has 0 atom stereocenters. The molecule has 0 bridgehead atoms. The van der Waals surface area contributed by atoms with Crippen LogP contribution in [0.15, 0.2) is 0 Å². The van der Waals surface area contributed by atoms with E-state index in [4.69, 9.17) is 5.11 Å². The molecule has 0 aliphatic rings. The lowest BCUT2D eigenvalue weighted by molar-refractivity contribution is -0.139. The van der Waals surface area contributed by atoms with Crippen molar-refractivity contribution in [2.75, 3.05) is 6.61 Å². The van der Waals surface area contributed by atoms with Crippen molar-refractivity contribution >= 4 is 11.9 Å². The highest BCUT2D eigenvalue weighted by atomic mass is 16.4. The summed E-state index contributed by atoms with van der Waals surface area (Å²) in [6.07, 6.45) is 1.38. The van der Waals surface area contributed by atoms with Crippen molar-refractivity contribution in [2.45, 2.75) is 58.9 Å². The van der Waals surface area contributed by atoms with Crippen LogP contribution in [0.1, 0.15) is 53.4 Å². The van der Waals surface area contributed by atoms with E-state index in [0.717, 1.165) is 0 Å². The quantitative estimate of drug-likeness (QED) is 0.617. The van der Waals surface area contributed by atoms with Crippen LogP contribution in [-0.4, -0.2) is 34.2 Å². The van der Waals surface area contributed by atoms with Gasteiger partial charge in [0, 0.05) is 6.42 Å². The number of carbonyl (C=O) groups excluding carboxylic acids is 1. The van der Waals surface area contributed by atoms with Crippen LogP contribution in [0.2, 0.25) is 0 Å². The molecule has 3 N–H and O–H groups in total. The summed E-state index contributed by atoms with van der Waals surface area (Å²) in [5.41, 5.74) is -1.17. The summed E-state index contributed by atoms with van der Waals surface area (Å²) < 4.78 is 0. The van der Waals surface area contributed by atoms with Crippen molar-refractivity contribution in [3.63, 3.8) is 0 Å². The SMILES string of the molecule is CCC(CC)(CO)NC(=O)CC(C)(C)CC(=O)O. The van der Waals surface area contributed by atoms with E-state index in [0.29, 0.717) is 12.8 Å². The Morgan fingerprint density at radius 2 is 1.61 bits per heavy atom. The van der Waals surface area contributed by atoms with Crippen LogP contribution >= 0.6 is 0 Å². The van der Waals surface area contributed by atoms with E-state index in [9.17, 15) is 14.7 Å². The number of aliphatic hydroxyl groups excluding tert-OH is 1. The lowest BCUT2D eigenvalue weighted by atomic mass is 9.84. The predicted octanol–water partition coefficient (Wildman–Crippen LogP) is 1.54. The minimum atomic E-state index is -0.910. The van der Waals surface area contributed by atoms with Crippen LogP contribution in [0.4, 0.5) is 0 Å². The Balaban J connectivity index is 4.54. The van der Waals surface area contributed by atoms with E-state index in [1.165, 1.54) is 0 Å². The average molecular weight is 259 g/mol. The van der Waals surface area contributed by atoms with E-state index in [-0.39, 0.29) is 25.4 Å². The van der Waals surface area contributed by atoms with Gasteiger partial charge in [-0.1, -0.05) is 27.7 Å². The van der Waals surface area contributed by atoms with E-state index in [2.05, 4.69) is 5.32 Å². The number of carboxylic acids is 1. The van der Waals surface area contributed by atoms with E-state index in [1.54, 1.807) is 13.8 Å². The summed E-state index contributed by atoms with van der Waals surface area (Å²) in [5, 5.41) is 20.9. The monoisotopic (exact) mass is 259 g/mol. The van der Waals surface area contributed by atoms with Gasteiger partial charge in [0.2, 0.25) is 5.91 Å². The number of hydrogen-bond donors (Lipinski definition) is 3. The first-order valence-corrected chi connectivity index (χ1v) is 6.34. The number of nitrogens with one attached hydrogen (secondary N) is 1. The van der Waals surface area contributed by atoms with E-state index < -0.39 is 16.9 Å². The Labute approximate surface area is 109 Å². The van der Waals surface area contributed by atoms with Gasteiger partial charge in [0.05, 0.1) is 18.6 Å². The third-order valence-corrected chi connectivity index (χ3v) is 3.33. The molecule has 0 radical (unpaired) electrons. The standard InChI is InChI=1S/C13H25NO4/c1-5-13(6-2,9-15)14-10(16)7-12(3,4)8-11(17)18/h15H,5-9H2,1-4H3,(H,14,16)(H,17,18). The fourth-order valence-corrected chi connectivity index (χ4v) is 1.94. The lowest BCUT2D eigenvalue weighted by Gasteiger charge is -2.32. The maximum Gasteiger partial charge on any atom is 0.303 e. The van der Waals surface area contributed by atoms with Gasteiger partial charge in [-0.25, -0.2) is 0 Å². The Morgan fingerprint density at radius 3 is 1.94 bits per heavy atom. The molecule has 0 unspecified atom stereocenters. The van der Waals surface area contributed by atoms with Crippen LogP contribution in [0.25, 0.3) is 0 Å². The number of aliphatic hydroxyl groups is 1. The molecule has 0 saturated heterocycles. The zero-order valence-electron chi connectivity index (χ0n) is 11.7. The van der Waals surface area contributed by atoms with Crippen molar-refractivity contribution in [2.24, 2.45) is 5.41 Å². The van der Waals surface area contributed by atoms with Crippen molar-refractivity contribution < 1.29 is 19.8 Å². The first-order chi connectivity index (χ1) is 8.20. The summed E-state index contributed by atoms with van der Waals surface area (Å²) >= 11 is 0. The molecule has 0 aliphatic heterocycles. The molecule has 0 heterocycles. The zero-order chi connectivity index (χ0) is 14.4. The smallest absolute Gasteiger partial charge is 0.303 e. The topological polar surface area (TPSA) is 86.6 Å². The minimum Gasteiger partial charge on any atom is -0.481 e. The van der Waals surface area contributed by atoms with E-state index >= 15 is 0 Å². The van der Waals surface area contributed by atoms with Crippen LogP contribution in [0.5, 0.6) is 0 Å². The van der Waals surface area contributed by atoms with Gasteiger partial charge in [0.15, 0.2) is 0 Å². The van der Waals surface area contributed by atoms with Crippen LogP contribution in [0.3, 0.4) is 0 Å². The van der Waals surface area contributed by atoms with Gasteiger partial charge < -0.3 is 15.5 Å². The highest BCUT2D eigenvalue weighted by Crippen LogP contribution is 2.25. The van der Waals surface area contributed by atoms with Gasteiger partial charge in [0.1, 0.15) is 0 Å². The third-order valence-electron chi connectivity index (χ3n) is 3.33. The number of aliphatic carboxylic acids is 1. The molecule has 0 saturated carbocycles. The van der Waals surface area contributed by atoms with E-state index in [1.807, 2.05) is 13.8 Å². The van der Waals surface area contributed by atoms with Crippen molar-refractivity contribution in [3.8, 4) is 0 Å². The van der Waals surface area contributed by atoms with Gasteiger partial charge in [-0.3, -0.25) is 9.59 Å². The van der Waals surface area contributed by atoms with Crippen molar-refractivity contribution in [3.05, 3.63) is 0 Å². The van der Waals surface area contributed by atoms with Crippen molar-refractivity contribution in [1.82, 2.24) is 5.32 Å². The number of hydrogen-bond acceptors (Lipinski definition) is 3. The first-order valence-electron chi connectivity index (χ1n) is 6.34. The first kappa shape index (κ1) is 16.9. The molecule has 0 spiro atoms. The minimum absolute atomic E-state index is 0.0508. The average Bonchev–Trinajstić information content (AvgIpc) is 2.23. The van der Waals surface area contributed by atoms with Gasteiger partial charge in [0.25, 0.3) is 0 Å². The summed E-state index contributed by atoms with van der Waals surface area (Å²) in [5.74, 6) is -1.12. The molecule has 5 heteroatoms. The summed E-state index contributed by atoms with van der Waals surface area (Å²) in [4.78, 5) is 22.6. The molecule has 0 aromatic carbocycles. The van der Waals surface area contributed by atoms with Crippen molar-refractivity contribution in [1.29, 1.82) is 0 Å². The van der Waals surface area contributed by atoms with Gasteiger partial charge in [-0.2, -0.15) is 0 Å². The molecule has 0 rings (SSSR count). The lowest BCUT2D eigenvalue weighted by Crippen LogP contribution is -2.51.